The molecule has 1 N–H and O–H groups in total. The summed E-state index contributed by atoms with van der Waals surface area (Å²) < 4.78 is 47.5. The first kappa shape index (κ1) is 19.2. The maximum atomic E-state index is 12.6. The minimum atomic E-state index is -4.50. The lowest BCUT2D eigenvalue weighted by Crippen LogP contribution is -2.19. The molecule has 4 rings (SSSR count). The Bertz CT molecular complexity index is 1040. The van der Waals surface area contributed by atoms with Gasteiger partial charge in [0.2, 0.25) is 0 Å². The lowest BCUT2D eigenvalue weighted by atomic mass is 9.90. The second-order valence-corrected chi connectivity index (χ2v) is 7.23. The molecule has 1 aliphatic rings. The van der Waals surface area contributed by atoms with Gasteiger partial charge in [-0.15, -0.1) is 0 Å². The van der Waals surface area contributed by atoms with E-state index in [9.17, 15) is 23.1 Å². The molecule has 0 saturated heterocycles. The first-order valence-electron chi connectivity index (χ1n) is 9.08. The smallest absolute Gasteiger partial charge is 0.422 e. The quantitative estimate of drug-likeness (QED) is 0.607. The lowest BCUT2D eigenvalue weighted by molar-refractivity contribution is -0.153. The summed E-state index contributed by atoms with van der Waals surface area (Å²) in [5.41, 5.74) is 2.61. The van der Waals surface area contributed by atoms with Gasteiger partial charge in [0, 0.05) is 0 Å². The van der Waals surface area contributed by atoms with Crippen molar-refractivity contribution in [3.8, 4) is 16.9 Å². The average Bonchev–Trinajstić information content (AvgIpc) is 3.37. The Kier molecular flexibility index (Phi) is 4.89. The molecule has 6 nitrogen and oxygen atoms in total. The molecule has 1 unspecified atom stereocenters. The lowest BCUT2D eigenvalue weighted by Gasteiger charge is -2.17. The van der Waals surface area contributed by atoms with Crippen LogP contribution in [0.4, 0.5) is 13.2 Å². The van der Waals surface area contributed by atoms with E-state index in [0.29, 0.717) is 40.1 Å². The van der Waals surface area contributed by atoms with E-state index in [1.807, 2.05) is 0 Å². The second-order valence-electron chi connectivity index (χ2n) is 7.23. The van der Waals surface area contributed by atoms with Crippen molar-refractivity contribution in [2.45, 2.75) is 31.4 Å². The Morgan fingerprint density at radius 2 is 1.90 bits per heavy atom. The number of aliphatic carboxylic acids is 1. The Hall–Kier alpha value is -3.10. The van der Waals surface area contributed by atoms with Crippen LogP contribution in [0.1, 0.15) is 30.7 Å². The van der Waals surface area contributed by atoms with Gasteiger partial charge in [0.15, 0.2) is 6.61 Å². The maximum absolute atomic E-state index is 12.6. The highest BCUT2D eigenvalue weighted by atomic mass is 19.4. The van der Waals surface area contributed by atoms with Gasteiger partial charge < -0.3 is 9.84 Å². The summed E-state index contributed by atoms with van der Waals surface area (Å²) in [6, 6.07) is 9.58. The summed E-state index contributed by atoms with van der Waals surface area (Å²) in [5, 5.41) is 17.2. The van der Waals surface area contributed by atoms with E-state index in [2.05, 4.69) is 14.9 Å². The zero-order chi connectivity index (χ0) is 20.6. The first-order chi connectivity index (χ1) is 13.8. The molecular weight excluding hydrogens is 389 g/mol. The summed E-state index contributed by atoms with van der Waals surface area (Å²) >= 11 is 0. The Morgan fingerprint density at radius 3 is 2.59 bits per heavy atom. The zero-order valence-corrected chi connectivity index (χ0v) is 15.1. The summed E-state index contributed by atoms with van der Waals surface area (Å²) in [7, 11) is 0. The van der Waals surface area contributed by atoms with Gasteiger partial charge in [-0.25, -0.2) is 4.63 Å². The number of ether oxygens (including phenoxy) is 1. The van der Waals surface area contributed by atoms with Gasteiger partial charge in [-0.3, -0.25) is 4.79 Å². The fourth-order valence-corrected chi connectivity index (χ4v) is 3.27. The van der Waals surface area contributed by atoms with Crippen LogP contribution in [0, 0.1) is 5.92 Å². The van der Waals surface area contributed by atoms with E-state index >= 15 is 0 Å². The highest BCUT2D eigenvalue weighted by molar-refractivity contribution is 5.82. The van der Waals surface area contributed by atoms with Gasteiger partial charge >= 0.3 is 12.1 Å². The van der Waals surface area contributed by atoms with Crippen LogP contribution in [-0.2, 0) is 4.79 Å². The SMILES string of the molecule is O=C(O)C(CC1CC1)c1cc(OCC(F)(F)F)cc(-c2ccc3nonc3c2)c1. The number of benzene rings is 2. The summed E-state index contributed by atoms with van der Waals surface area (Å²) in [6.07, 6.45) is -2.11. The van der Waals surface area contributed by atoms with Crippen LogP contribution >= 0.6 is 0 Å². The summed E-state index contributed by atoms with van der Waals surface area (Å²) in [6.45, 7) is -1.46. The van der Waals surface area contributed by atoms with Crippen molar-refractivity contribution in [1.82, 2.24) is 10.3 Å². The topological polar surface area (TPSA) is 85.5 Å². The van der Waals surface area contributed by atoms with Crippen molar-refractivity contribution in [3.63, 3.8) is 0 Å². The summed E-state index contributed by atoms with van der Waals surface area (Å²) in [4.78, 5) is 11.8. The molecule has 1 heterocycles. The van der Waals surface area contributed by atoms with Crippen molar-refractivity contribution in [2.75, 3.05) is 6.61 Å². The predicted octanol–water partition coefficient (Wildman–Crippen LogP) is 4.80. The maximum Gasteiger partial charge on any atom is 0.422 e. The number of halogens is 3. The minimum Gasteiger partial charge on any atom is -0.484 e. The van der Waals surface area contributed by atoms with E-state index in [0.717, 1.165) is 12.8 Å². The molecule has 1 saturated carbocycles. The second kappa shape index (κ2) is 7.38. The Labute approximate surface area is 163 Å². The highest BCUT2D eigenvalue weighted by Gasteiger charge is 2.32. The number of hydrogen-bond donors (Lipinski definition) is 1. The molecule has 9 heteroatoms. The number of alkyl halides is 3. The molecule has 1 fully saturated rings. The molecule has 0 amide bonds. The third kappa shape index (κ3) is 4.67. The minimum absolute atomic E-state index is 0.0322. The van der Waals surface area contributed by atoms with Crippen molar-refractivity contribution in [3.05, 3.63) is 42.0 Å². The summed E-state index contributed by atoms with van der Waals surface area (Å²) in [5.74, 6) is -1.52. The first-order valence-corrected chi connectivity index (χ1v) is 9.08. The normalized spacial score (nSPS) is 15.4. The van der Waals surface area contributed by atoms with Crippen LogP contribution in [0.5, 0.6) is 5.75 Å². The van der Waals surface area contributed by atoms with Crippen molar-refractivity contribution >= 4 is 17.0 Å². The zero-order valence-electron chi connectivity index (χ0n) is 15.1. The number of hydrogen-bond acceptors (Lipinski definition) is 5. The van der Waals surface area contributed by atoms with Crippen molar-refractivity contribution in [2.24, 2.45) is 5.92 Å². The molecule has 1 aliphatic carbocycles. The van der Waals surface area contributed by atoms with Crippen LogP contribution in [0.25, 0.3) is 22.2 Å². The molecule has 0 spiro atoms. The van der Waals surface area contributed by atoms with Gasteiger partial charge in [-0.1, -0.05) is 25.0 Å². The molecule has 1 atom stereocenters. The van der Waals surface area contributed by atoms with Crippen LogP contribution < -0.4 is 4.74 Å². The highest BCUT2D eigenvalue weighted by Crippen LogP contribution is 2.40. The van der Waals surface area contributed by atoms with E-state index in [-0.39, 0.29) is 5.75 Å². The Morgan fingerprint density at radius 1 is 1.14 bits per heavy atom. The van der Waals surface area contributed by atoms with Crippen LogP contribution in [-0.4, -0.2) is 34.2 Å². The number of rotatable bonds is 7. The number of carbonyl (C=O) groups is 1. The van der Waals surface area contributed by atoms with Gasteiger partial charge in [-0.05, 0) is 63.6 Å². The molecule has 1 aromatic heterocycles. The fraction of sp³-hybridized carbons (Fsp3) is 0.350. The van der Waals surface area contributed by atoms with Crippen molar-refractivity contribution in [1.29, 1.82) is 0 Å². The van der Waals surface area contributed by atoms with Gasteiger partial charge in [0.1, 0.15) is 16.8 Å². The van der Waals surface area contributed by atoms with Gasteiger partial charge in [0.25, 0.3) is 0 Å². The molecule has 3 aromatic rings. The van der Waals surface area contributed by atoms with Crippen molar-refractivity contribution < 1.29 is 32.4 Å². The number of carboxylic acid groups (broad SMARTS) is 1. The Balaban J connectivity index is 1.74. The molecule has 0 aliphatic heterocycles. The number of nitrogens with zero attached hydrogens (tertiary/aromatic N) is 2. The molecule has 0 bridgehead atoms. The van der Waals surface area contributed by atoms with E-state index in [1.165, 1.54) is 12.1 Å². The third-order valence-electron chi connectivity index (χ3n) is 4.88. The van der Waals surface area contributed by atoms with Gasteiger partial charge in [-0.2, -0.15) is 13.2 Å². The fourth-order valence-electron chi connectivity index (χ4n) is 3.27. The molecule has 2 aromatic carbocycles. The molecule has 152 valence electrons. The van der Waals surface area contributed by atoms with E-state index < -0.39 is 24.7 Å². The predicted molar refractivity (Wildman–Crippen MR) is 96.5 cm³/mol. The standard InChI is InChI=1S/C20H17F3N2O4/c21-20(22,23)10-28-15-7-13(12-3-4-17-18(9-12)25-29-24-17)6-14(8-15)16(19(26)27)5-11-1-2-11/h3-4,6-9,11,16H,1-2,5,10H2,(H,26,27). The average molecular weight is 406 g/mol. The number of aromatic nitrogens is 2. The van der Waals surface area contributed by atoms with Gasteiger partial charge in [0.05, 0.1) is 5.92 Å². The molecular formula is C20H17F3N2O4. The number of carboxylic acids is 1. The van der Waals surface area contributed by atoms with Crippen LogP contribution in [0.15, 0.2) is 41.0 Å². The number of fused-ring (bicyclic) bond motifs is 1. The third-order valence-corrected chi connectivity index (χ3v) is 4.88. The molecule has 29 heavy (non-hydrogen) atoms. The van der Waals surface area contributed by atoms with Crippen LogP contribution in [0.3, 0.4) is 0 Å². The monoisotopic (exact) mass is 406 g/mol. The molecule has 0 radical (unpaired) electrons. The van der Waals surface area contributed by atoms with E-state index in [1.54, 1.807) is 24.3 Å². The van der Waals surface area contributed by atoms with E-state index in [4.69, 9.17) is 4.74 Å². The van der Waals surface area contributed by atoms with Crippen LogP contribution in [0.2, 0.25) is 0 Å². The largest absolute Gasteiger partial charge is 0.484 e.